The maximum Gasteiger partial charge on any atom is 0.258 e. The van der Waals surface area contributed by atoms with E-state index < -0.39 is 15.1 Å². The fourth-order valence-corrected chi connectivity index (χ4v) is 6.20. The molecule has 1 fully saturated rings. The summed E-state index contributed by atoms with van der Waals surface area (Å²) < 4.78 is 42.5. The molecule has 1 unspecified atom stereocenters. The van der Waals surface area contributed by atoms with Gasteiger partial charge in [-0.05, 0) is 60.9 Å². The Morgan fingerprint density at radius 3 is 2.50 bits per heavy atom. The van der Waals surface area contributed by atoms with E-state index in [1.165, 1.54) is 12.3 Å². The zero-order chi connectivity index (χ0) is 29.5. The fourth-order valence-electron chi connectivity index (χ4n) is 5.01. The summed E-state index contributed by atoms with van der Waals surface area (Å²) in [6.45, 7) is 5.77. The SMILES string of the molecule is CCCC(CCOc1cccc(Cn2cc(-c3noc(-c4ccc(N5CCOCC5)cc4)n3)ccc2=O)c1)S(C)(=O)=O. The Kier molecular flexibility index (Phi) is 9.38. The summed E-state index contributed by atoms with van der Waals surface area (Å²) >= 11 is 0. The summed E-state index contributed by atoms with van der Waals surface area (Å²) in [4.78, 5) is 19.5. The first kappa shape index (κ1) is 29.5. The van der Waals surface area contributed by atoms with Crippen molar-refractivity contribution in [2.75, 3.05) is 44.1 Å². The van der Waals surface area contributed by atoms with E-state index in [4.69, 9.17) is 14.0 Å². The molecular weight excluding hydrogens is 556 g/mol. The molecule has 3 heterocycles. The predicted molar refractivity (Wildman–Crippen MR) is 162 cm³/mol. The van der Waals surface area contributed by atoms with Crippen LogP contribution in [0.25, 0.3) is 22.8 Å². The van der Waals surface area contributed by atoms with Gasteiger partial charge in [0, 0.05) is 48.4 Å². The molecule has 2 aromatic heterocycles. The van der Waals surface area contributed by atoms with Gasteiger partial charge in [0.05, 0.1) is 31.6 Å². The third-order valence-electron chi connectivity index (χ3n) is 7.33. The Hall–Kier alpha value is -3.96. The number of anilines is 1. The average molecular weight is 593 g/mol. The number of rotatable bonds is 12. The van der Waals surface area contributed by atoms with Crippen molar-refractivity contribution in [3.63, 3.8) is 0 Å². The maximum atomic E-state index is 12.7. The molecule has 1 aliphatic heterocycles. The van der Waals surface area contributed by atoms with Gasteiger partial charge in [-0.3, -0.25) is 4.79 Å². The lowest BCUT2D eigenvalue weighted by Gasteiger charge is -2.28. The van der Waals surface area contributed by atoms with Gasteiger partial charge in [0.15, 0.2) is 0 Å². The molecule has 0 saturated carbocycles. The molecule has 0 aliphatic carbocycles. The number of sulfone groups is 1. The molecule has 1 atom stereocenters. The van der Waals surface area contributed by atoms with Crippen LogP contribution >= 0.6 is 0 Å². The monoisotopic (exact) mass is 592 g/mol. The minimum atomic E-state index is -3.12. The van der Waals surface area contributed by atoms with Gasteiger partial charge < -0.3 is 23.5 Å². The normalized spacial score (nSPS) is 14.6. The van der Waals surface area contributed by atoms with E-state index in [1.807, 2.05) is 55.5 Å². The highest BCUT2D eigenvalue weighted by Gasteiger charge is 2.20. The van der Waals surface area contributed by atoms with Gasteiger partial charge in [0.1, 0.15) is 15.6 Å². The second kappa shape index (κ2) is 13.3. The van der Waals surface area contributed by atoms with Crippen LogP contribution < -0.4 is 15.2 Å². The molecule has 5 rings (SSSR count). The lowest BCUT2D eigenvalue weighted by molar-refractivity contribution is 0.122. The number of hydrogen-bond donors (Lipinski definition) is 0. The van der Waals surface area contributed by atoms with Gasteiger partial charge in [-0.1, -0.05) is 30.6 Å². The summed E-state index contributed by atoms with van der Waals surface area (Å²) in [6, 6.07) is 18.6. The minimum Gasteiger partial charge on any atom is -0.494 e. The van der Waals surface area contributed by atoms with Gasteiger partial charge in [-0.15, -0.1) is 0 Å². The summed E-state index contributed by atoms with van der Waals surface area (Å²) in [5.74, 6) is 1.42. The van der Waals surface area contributed by atoms with Crippen LogP contribution in [-0.2, 0) is 21.1 Å². The molecule has 1 saturated heterocycles. The highest BCUT2D eigenvalue weighted by molar-refractivity contribution is 7.91. The molecule has 2 aromatic carbocycles. The molecule has 10 nitrogen and oxygen atoms in total. The predicted octanol–water partition coefficient (Wildman–Crippen LogP) is 4.43. The van der Waals surface area contributed by atoms with Crippen molar-refractivity contribution in [2.45, 2.75) is 38.0 Å². The zero-order valence-corrected chi connectivity index (χ0v) is 24.8. The third kappa shape index (κ3) is 7.46. The summed E-state index contributed by atoms with van der Waals surface area (Å²) in [7, 11) is -3.12. The Bertz CT molecular complexity index is 1640. The van der Waals surface area contributed by atoms with Crippen LogP contribution in [0.1, 0.15) is 31.7 Å². The molecule has 222 valence electrons. The van der Waals surface area contributed by atoms with E-state index >= 15 is 0 Å². The average Bonchev–Trinajstić information content (AvgIpc) is 3.49. The first-order chi connectivity index (χ1) is 20.3. The van der Waals surface area contributed by atoms with E-state index in [2.05, 4.69) is 15.0 Å². The number of nitrogens with zero attached hydrogens (tertiary/aromatic N) is 4. The highest BCUT2D eigenvalue weighted by atomic mass is 32.2. The van der Waals surface area contributed by atoms with Crippen LogP contribution in [-0.4, -0.2) is 67.5 Å². The summed E-state index contributed by atoms with van der Waals surface area (Å²) in [6.07, 6.45) is 4.84. The topological polar surface area (TPSA) is 117 Å². The number of pyridine rings is 1. The molecule has 1 aliphatic rings. The quantitative estimate of drug-likeness (QED) is 0.235. The van der Waals surface area contributed by atoms with E-state index in [-0.39, 0.29) is 5.56 Å². The van der Waals surface area contributed by atoms with Crippen LogP contribution in [0.3, 0.4) is 0 Å². The van der Waals surface area contributed by atoms with Crippen LogP contribution in [0.5, 0.6) is 5.75 Å². The number of hydrogen-bond acceptors (Lipinski definition) is 9. The molecule has 0 spiro atoms. The first-order valence-corrected chi connectivity index (χ1v) is 16.1. The molecule has 0 amide bonds. The zero-order valence-electron chi connectivity index (χ0n) is 23.9. The van der Waals surface area contributed by atoms with Crippen molar-refractivity contribution in [1.82, 2.24) is 14.7 Å². The third-order valence-corrected chi connectivity index (χ3v) is 9.02. The Morgan fingerprint density at radius 1 is 1.00 bits per heavy atom. The molecule has 0 N–H and O–H groups in total. The summed E-state index contributed by atoms with van der Waals surface area (Å²) in [5.41, 5.74) is 3.30. The molecule has 11 heteroatoms. The minimum absolute atomic E-state index is 0.164. The van der Waals surface area contributed by atoms with Crippen molar-refractivity contribution in [2.24, 2.45) is 0 Å². The Labute approximate surface area is 245 Å². The number of ether oxygens (including phenoxy) is 2. The standard InChI is InChI=1S/C31H36N4O6S/c1-3-5-28(42(2,37)38)14-17-40-27-7-4-6-23(20-27)21-35-22-25(10-13-29(35)36)30-32-31(41-33-30)24-8-11-26(12-9-24)34-15-18-39-19-16-34/h4,6-13,20,22,28H,3,5,14-19,21H2,1-2H3. The van der Waals surface area contributed by atoms with Gasteiger partial charge in [0.2, 0.25) is 5.82 Å². The van der Waals surface area contributed by atoms with E-state index in [1.54, 1.807) is 16.8 Å². The van der Waals surface area contributed by atoms with E-state index in [0.717, 1.165) is 49.5 Å². The van der Waals surface area contributed by atoms with Crippen molar-refractivity contribution in [1.29, 1.82) is 0 Å². The number of morpholine rings is 1. The molecule has 0 radical (unpaired) electrons. The fraction of sp³-hybridized carbons (Fsp3) is 0.387. The smallest absolute Gasteiger partial charge is 0.258 e. The summed E-state index contributed by atoms with van der Waals surface area (Å²) in [5, 5.41) is 3.74. The maximum absolute atomic E-state index is 12.7. The number of aromatic nitrogens is 3. The van der Waals surface area contributed by atoms with Crippen molar-refractivity contribution >= 4 is 15.5 Å². The van der Waals surface area contributed by atoms with Crippen molar-refractivity contribution < 1.29 is 22.4 Å². The Morgan fingerprint density at radius 2 is 1.76 bits per heavy atom. The molecule has 4 aromatic rings. The van der Waals surface area contributed by atoms with Gasteiger partial charge in [-0.25, -0.2) is 8.42 Å². The first-order valence-electron chi connectivity index (χ1n) is 14.2. The van der Waals surface area contributed by atoms with Crippen LogP contribution in [0.15, 0.2) is 76.2 Å². The second-order valence-electron chi connectivity index (χ2n) is 10.5. The van der Waals surface area contributed by atoms with Gasteiger partial charge in [0.25, 0.3) is 11.4 Å². The van der Waals surface area contributed by atoms with Crippen molar-refractivity contribution in [3.05, 3.63) is 82.8 Å². The van der Waals surface area contributed by atoms with Crippen LogP contribution in [0.4, 0.5) is 5.69 Å². The molecule has 0 bridgehead atoms. The van der Waals surface area contributed by atoms with Crippen LogP contribution in [0, 0.1) is 0 Å². The van der Waals surface area contributed by atoms with E-state index in [9.17, 15) is 13.2 Å². The lowest BCUT2D eigenvalue weighted by atomic mass is 10.2. The lowest BCUT2D eigenvalue weighted by Crippen LogP contribution is -2.36. The van der Waals surface area contributed by atoms with Crippen LogP contribution in [0.2, 0.25) is 0 Å². The highest BCUT2D eigenvalue weighted by Crippen LogP contribution is 2.25. The molecular formula is C31H36N4O6S. The van der Waals surface area contributed by atoms with E-state index in [0.29, 0.717) is 49.0 Å². The Balaban J connectivity index is 1.25. The van der Waals surface area contributed by atoms with Gasteiger partial charge >= 0.3 is 0 Å². The number of benzene rings is 2. The van der Waals surface area contributed by atoms with Gasteiger partial charge in [-0.2, -0.15) is 4.98 Å². The molecule has 42 heavy (non-hydrogen) atoms. The second-order valence-corrected chi connectivity index (χ2v) is 12.8. The van der Waals surface area contributed by atoms with Crippen molar-refractivity contribution in [3.8, 4) is 28.6 Å². The largest absolute Gasteiger partial charge is 0.494 e.